The second-order valence-electron chi connectivity index (χ2n) is 7.98. The van der Waals surface area contributed by atoms with Gasteiger partial charge in [-0.15, -0.1) is 0 Å². The van der Waals surface area contributed by atoms with Crippen molar-refractivity contribution in [2.75, 3.05) is 19.7 Å². The van der Waals surface area contributed by atoms with Crippen LogP contribution in [0.2, 0.25) is 0 Å². The number of aliphatic hydroxyl groups is 1. The van der Waals surface area contributed by atoms with Gasteiger partial charge in [0.2, 0.25) is 0 Å². The lowest BCUT2D eigenvalue weighted by atomic mass is 9.78. The Labute approximate surface area is 173 Å². The van der Waals surface area contributed by atoms with E-state index in [0.717, 1.165) is 23.2 Å². The number of nitrogens with one attached hydrogen (secondary N) is 1. The van der Waals surface area contributed by atoms with Gasteiger partial charge in [0.1, 0.15) is 5.60 Å². The fourth-order valence-corrected chi connectivity index (χ4v) is 4.52. The van der Waals surface area contributed by atoms with Gasteiger partial charge in [-0.25, -0.2) is 0 Å². The highest BCUT2D eigenvalue weighted by atomic mass is 16.5. The Morgan fingerprint density at radius 2 is 1.66 bits per heavy atom. The van der Waals surface area contributed by atoms with E-state index in [9.17, 15) is 5.11 Å². The van der Waals surface area contributed by atoms with E-state index in [4.69, 9.17) is 4.74 Å². The van der Waals surface area contributed by atoms with E-state index in [-0.39, 0.29) is 0 Å². The Bertz CT molecular complexity index is 1000. The largest absolute Gasteiger partial charge is 0.389 e. The van der Waals surface area contributed by atoms with E-state index in [1.54, 1.807) is 0 Å². The smallest absolute Gasteiger partial charge is 0.131 e. The Hall–Kier alpha value is -2.46. The van der Waals surface area contributed by atoms with Crippen LogP contribution in [0.15, 0.2) is 66.7 Å². The zero-order valence-corrected chi connectivity index (χ0v) is 17.4. The van der Waals surface area contributed by atoms with Crippen LogP contribution in [0.1, 0.15) is 40.8 Å². The molecule has 0 spiro atoms. The highest BCUT2D eigenvalue weighted by Gasteiger charge is 2.41. The zero-order valence-electron chi connectivity index (χ0n) is 17.4. The molecule has 3 aromatic rings. The van der Waals surface area contributed by atoms with Gasteiger partial charge in [0, 0.05) is 13.1 Å². The predicted molar refractivity (Wildman–Crippen MR) is 118 cm³/mol. The minimum Gasteiger partial charge on any atom is -0.389 e. The lowest BCUT2D eigenvalue weighted by Gasteiger charge is -2.41. The number of rotatable bonds is 4. The predicted octanol–water partition coefficient (Wildman–Crippen LogP) is 4.89. The van der Waals surface area contributed by atoms with Crippen LogP contribution in [-0.4, -0.2) is 24.8 Å². The van der Waals surface area contributed by atoms with E-state index < -0.39 is 11.7 Å². The van der Waals surface area contributed by atoms with Crippen molar-refractivity contribution < 1.29 is 9.84 Å². The molecule has 29 heavy (non-hydrogen) atoms. The number of hydrogen-bond donors (Lipinski definition) is 2. The molecule has 0 radical (unpaired) electrons. The van der Waals surface area contributed by atoms with E-state index >= 15 is 0 Å². The quantitative estimate of drug-likeness (QED) is 0.670. The number of aliphatic hydroxyl groups excluding tert-OH is 1. The molecule has 3 aromatic carbocycles. The summed E-state index contributed by atoms with van der Waals surface area (Å²) in [7, 11) is 0. The Balaban J connectivity index is 1.98. The van der Waals surface area contributed by atoms with Crippen LogP contribution in [0.25, 0.3) is 11.1 Å². The highest BCUT2D eigenvalue weighted by molar-refractivity contribution is 5.73. The summed E-state index contributed by atoms with van der Waals surface area (Å²) in [4.78, 5) is 0. The molecule has 1 heterocycles. The molecule has 2 unspecified atom stereocenters. The van der Waals surface area contributed by atoms with Gasteiger partial charge >= 0.3 is 0 Å². The molecule has 0 saturated carbocycles. The van der Waals surface area contributed by atoms with Crippen molar-refractivity contribution in [1.82, 2.24) is 5.32 Å². The van der Waals surface area contributed by atoms with Crippen LogP contribution >= 0.6 is 0 Å². The topological polar surface area (TPSA) is 41.5 Å². The summed E-state index contributed by atoms with van der Waals surface area (Å²) in [5, 5.41) is 14.0. The van der Waals surface area contributed by atoms with Gasteiger partial charge in [0.25, 0.3) is 0 Å². The van der Waals surface area contributed by atoms with Crippen molar-refractivity contribution in [1.29, 1.82) is 0 Å². The van der Waals surface area contributed by atoms with Crippen LogP contribution < -0.4 is 5.32 Å². The molecule has 150 valence electrons. The van der Waals surface area contributed by atoms with E-state index in [2.05, 4.69) is 67.7 Å². The van der Waals surface area contributed by atoms with Gasteiger partial charge < -0.3 is 15.2 Å². The molecule has 0 aromatic heterocycles. The van der Waals surface area contributed by atoms with Gasteiger partial charge in [-0.05, 0) is 54.2 Å². The van der Waals surface area contributed by atoms with Gasteiger partial charge in [-0.1, -0.05) is 72.3 Å². The molecule has 1 fully saturated rings. The molecule has 1 aliphatic rings. The van der Waals surface area contributed by atoms with Crippen molar-refractivity contribution in [3.8, 4) is 11.1 Å². The molecule has 3 nitrogen and oxygen atoms in total. The van der Waals surface area contributed by atoms with Crippen molar-refractivity contribution >= 4 is 0 Å². The number of morpholine rings is 1. The Morgan fingerprint density at radius 1 is 0.931 bits per heavy atom. The SMILES string of the molecule is Cc1ccc(-c2ccccc2C2(c3ccccc3C(C)O)CNCCO2)c(C)c1. The third kappa shape index (κ3) is 3.62. The molecule has 3 heteroatoms. The lowest BCUT2D eigenvalue weighted by molar-refractivity contribution is -0.0416. The van der Waals surface area contributed by atoms with E-state index in [0.29, 0.717) is 13.2 Å². The lowest BCUT2D eigenvalue weighted by Crippen LogP contribution is -2.49. The van der Waals surface area contributed by atoms with Crippen LogP contribution in [0.4, 0.5) is 0 Å². The average molecular weight is 388 g/mol. The summed E-state index contributed by atoms with van der Waals surface area (Å²) in [5.41, 5.74) is 7.31. The third-order valence-electron chi connectivity index (χ3n) is 5.88. The molecule has 1 saturated heterocycles. The molecular weight excluding hydrogens is 358 g/mol. The fraction of sp³-hybridized carbons (Fsp3) is 0.308. The van der Waals surface area contributed by atoms with Crippen molar-refractivity contribution in [3.05, 3.63) is 94.5 Å². The summed E-state index contributed by atoms with van der Waals surface area (Å²) < 4.78 is 6.58. The van der Waals surface area contributed by atoms with Crippen molar-refractivity contribution in [2.24, 2.45) is 0 Å². The first-order valence-corrected chi connectivity index (χ1v) is 10.3. The Kier molecular flexibility index (Phi) is 5.55. The second-order valence-corrected chi connectivity index (χ2v) is 7.98. The van der Waals surface area contributed by atoms with Gasteiger partial charge in [0.05, 0.1) is 12.7 Å². The van der Waals surface area contributed by atoms with Gasteiger partial charge in [0.15, 0.2) is 0 Å². The van der Waals surface area contributed by atoms with Crippen molar-refractivity contribution in [2.45, 2.75) is 32.5 Å². The van der Waals surface area contributed by atoms with Crippen LogP contribution in [0.3, 0.4) is 0 Å². The first kappa shape index (κ1) is 19.8. The van der Waals surface area contributed by atoms with Crippen LogP contribution in [-0.2, 0) is 10.3 Å². The maximum atomic E-state index is 10.5. The molecule has 0 amide bonds. The first-order valence-electron chi connectivity index (χ1n) is 10.3. The number of ether oxygens (including phenoxy) is 1. The molecule has 2 N–H and O–H groups in total. The summed E-state index contributed by atoms with van der Waals surface area (Å²) in [5.74, 6) is 0. The minimum atomic E-state index is -0.653. The molecule has 0 bridgehead atoms. The number of aryl methyl sites for hydroxylation is 2. The van der Waals surface area contributed by atoms with Crippen LogP contribution in [0, 0.1) is 13.8 Å². The summed E-state index contributed by atoms with van der Waals surface area (Å²) in [6, 6.07) is 23.2. The fourth-order valence-electron chi connectivity index (χ4n) is 4.52. The van der Waals surface area contributed by atoms with E-state index in [1.807, 2.05) is 25.1 Å². The molecule has 0 aliphatic carbocycles. The summed E-state index contributed by atoms with van der Waals surface area (Å²) in [6.07, 6.45) is -0.568. The molecule has 4 rings (SSSR count). The van der Waals surface area contributed by atoms with Gasteiger partial charge in [-0.2, -0.15) is 0 Å². The summed E-state index contributed by atoms with van der Waals surface area (Å²) >= 11 is 0. The maximum absolute atomic E-state index is 10.5. The van der Waals surface area contributed by atoms with E-state index in [1.165, 1.54) is 22.3 Å². The molecule has 2 atom stereocenters. The minimum absolute atomic E-state index is 0.568. The van der Waals surface area contributed by atoms with Crippen molar-refractivity contribution in [3.63, 3.8) is 0 Å². The third-order valence-corrected chi connectivity index (χ3v) is 5.88. The van der Waals surface area contributed by atoms with Gasteiger partial charge in [-0.3, -0.25) is 0 Å². The maximum Gasteiger partial charge on any atom is 0.131 e. The standard InChI is InChI=1S/C26H29NO2/c1-18-12-13-21(19(2)16-18)23-9-5-7-11-25(23)26(17-27-14-15-29-26)24-10-6-4-8-22(24)20(3)28/h4-13,16,20,27-28H,14-15,17H2,1-3H3. The molecule has 1 aliphatic heterocycles. The Morgan fingerprint density at radius 3 is 2.34 bits per heavy atom. The average Bonchev–Trinajstić information content (AvgIpc) is 2.74. The number of hydrogen-bond acceptors (Lipinski definition) is 3. The zero-order chi connectivity index (χ0) is 20.4. The normalized spacial score (nSPS) is 20.4. The highest BCUT2D eigenvalue weighted by Crippen LogP contribution is 2.43. The first-order chi connectivity index (χ1) is 14.0. The number of benzene rings is 3. The second kappa shape index (κ2) is 8.11. The monoisotopic (exact) mass is 387 g/mol. The summed E-state index contributed by atoms with van der Waals surface area (Å²) in [6.45, 7) is 8.21. The molecular formula is C26H29NO2. The van der Waals surface area contributed by atoms with Crippen LogP contribution in [0.5, 0.6) is 0 Å².